The van der Waals surface area contributed by atoms with Crippen LogP contribution in [0.3, 0.4) is 0 Å². The molecule has 0 spiro atoms. The number of anilines is 1. The molecule has 2 aromatic rings. The lowest BCUT2D eigenvalue weighted by atomic mass is 10.1. The second-order valence-electron chi connectivity index (χ2n) is 4.32. The third kappa shape index (κ3) is 4.51. The van der Waals surface area contributed by atoms with Crippen LogP contribution in [0.25, 0.3) is 0 Å². The number of carbonyl (C=O) groups excluding carboxylic acids is 2. The van der Waals surface area contributed by atoms with Gasteiger partial charge in [0.15, 0.2) is 5.78 Å². The van der Waals surface area contributed by atoms with E-state index < -0.39 is 11.7 Å². The molecule has 1 N–H and O–H groups in total. The third-order valence-corrected chi connectivity index (χ3v) is 3.52. The summed E-state index contributed by atoms with van der Waals surface area (Å²) >= 11 is 8.89. The first-order valence-corrected chi connectivity index (χ1v) is 7.37. The Hall–Kier alpha value is -1.98. The molecule has 0 bridgehead atoms. The van der Waals surface area contributed by atoms with Gasteiger partial charge in [0.25, 0.3) is 0 Å². The van der Waals surface area contributed by atoms with E-state index in [1.54, 1.807) is 24.3 Å². The average molecular weight is 383 g/mol. The zero-order valence-corrected chi connectivity index (χ0v) is 13.5. The van der Waals surface area contributed by atoms with Crippen LogP contribution >= 0.6 is 27.5 Å². The molecule has 0 aliphatic rings. The lowest BCUT2D eigenvalue weighted by molar-refractivity contribution is -0.111. The number of carbonyl (C=O) groups is 2. The number of allylic oxidation sites excluding steroid dienone is 1. The number of hydrogen-bond acceptors (Lipinski definition) is 2. The normalized spacial score (nSPS) is 10.7. The summed E-state index contributed by atoms with van der Waals surface area (Å²) in [6.45, 7) is 0. The van der Waals surface area contributed by atoms with Crippen molar-refractivity contribution in [1.82, 2.24) is 0 Å². The lowest BCUT2D eigenvalue weighted by Gasteiger charge is -2.03. The maximum Gasteiger partial charge on any atom is 0.248 e. The summed E-state index contributed by atoms with van der Waals surface area (Å²) in [5.74, 6) is -1.37. The number of hydrogen-bond donors (Lipinski definition) is 1. The summed E-state index contributed by atoms with van der Waals surface area (Å²) in [6, 6.07) is 10.6. The second-order valence-corrected chi connectivity index (χ2v) is 5.65. The van der Waals surface area contributed by atoms with Gasteiger partial charge in [0, 0.05) is 21.8 Å². The minimum absolute atomic E-state index is 0.0901. The molecule has 22 heavy (non-hydrogen) atoms. The Kier molecular flexibility index (Phi) is 5.46. The molecule has 0 fully saturated rings. The molecular formula is C16H10BrClFNO2. The van der Waals surface area contributed by atoms with E-state index in [4.69, 9.17) is 11.6 Å². The van der Waals surface area contributed by atoms with Crippen LogP contribution in [0.2, 0.25) is 5.02 Å². The molecule has 0 aromatic heterocycles. The van der Waals surface area contributed by atoms with Crippen molar-refractivity contribution in [1.29, 1.82) is 0 Å². The van der Waals surface area contributed by atoms with E-state index in [0.29, 0.717) is 11.3 Å². The topological polar surface area (TPSA) is 46.2 Å². The van der Waals surface area contributed by atoms with Crippen molar-refractivity contribution in [3.63, 3.8) is 0 Å². The quantitative estimate of drug-likeness (QED) is 0.619. The van der Waals surface area contributed by atoms with Gasteiger partial charge in [-0.2, -0.15) is 0 Å². The van der Waals surface area contributed by atoms with Gasteiger partial charge >= 0.3 is 0 Å². The van der Waals surface area contributed by atoms with Gasteiger partial charge in [-0.15, -0.1) is 0 Å². The van der Waals surface area contributed by atoms with E-state index in [-0.39, 0.29) is 10.8 Å². The summed E-state index contributed by atoms with van der Waals surface area (Å²) in [7, 11) is 0. The fourth-order valence-corrected chi connectivity index (χ4v) is 2.06. The minimum Gasteiger partial charge on any atom is -0.322 e. The SMILES string of the molecule is O=C(/C=C/C(=O)c1ccc(Br)cc1)Nc1ccc(F)c(Cl)c1. The smallest absolute Gasteiger partial charge is 0.248 e. The highest BCUT2D eigenvalue weighted by atomic mass is 79.9. The molecule has 0 saturated carbocycles. The average Bonchev–Trinajstić information content (AvgIpc) is 2.49. The highest BCUT2D eigenvalue weighted by Gasteiger charge is 2.05. The van der Waals surface area contributed by atoms with E-state index in [1.807, 2.05) is 0 Å². The summed E-state index contributed by atoms with van der Waals surface area (Å²) in [4.78, 5) is 23.6. The Morgan fingerprint density at radius 3 is 2.41 bits per heavy atom. The number of nitrogens with one attached hydrogen (secondary N) is 1. The number of benzene rings is 2. The molecular weight excluding hydrogens is 373 g/mol. The lowest BCUT2D eigenvalue weighted by Crippen LogP contribution is -2.09. The van der Waals surface area contributed by atoms with Gasteiger partial charge in [0.1, 0.15) is 5.82 Å². The number of amides is 1. The van der Waals surface area contributed by atoms with Crippen LogP contribution in [-0.2, 0) is 4.79 Å². The Balaban J connectivity index is 2.00. The van der Waals surface area contributed by atoms with Crippen LogP contribution in [0.15, 0.2) is 59.1 Å². The molecule has 0 heterocycles. The number of halogens is 3. The van der Waals surface area contributed by atoms with E-state index in [0.717, 1.165) is 16.6 Å². The molecule has 1 amide bonds. The van der Waals surface area contributed by atoms with Crippen molar-refractivity contribution >= 4 is 44.9 Å². The molecule has 2 aromatic carbocycles. The van der Waals surface area contributed by atoms with Crippen LogP contribution < -0.4 is 5.32 Å². The fourth-order valence-electron chi connectivity index (χ4n) is 1.62. The van der Waals surface area contributed by atoms with Gasteiger partial charge in [-0.05, 0) is 48.5 Å². The molecule has 0 aliphatic carbocycles. The molecule has 3 nitrogen and oxygen atoms in total. The second kappa shape index (κ2) is 7.33. The van der Waals surface area contributed by atoms with E-state index >= 15 is 0 Å². The largest absolute Gasteiger partial charge is 0.322 e. The Morgan fingerprint density at radius 2 is 1.77 bits per heavy atom. The van der Waals surface area contributed by atoms with Gasteiger partial charge in [0.05, 0.1) is 5.02 Å². The van der Waals surface area contributed by atoms with Gasteiger partial charge in [-0.1, -0.05) is 27.5 Å². The zero-order chi connectivity index (χ0) is 16.1. The van der Waals surface area contributed by atoms with E-state index in [2.05, 4.69) is 21.2 Å². The first kappa shape index (κ1) is 16.4. The highest BCUT2D eigenvalue weighted by Crippen LogP contribution is 2.19. The maximum absolute atomic E-state index is 13.0. The maximum atomic E-state index is 13.0. The molecule has 0 atom stereocenters. The Labute approximate surface area is 139 Å². The van der Waals surface area contributed by atoms with Crippen molar-refractivity contribution in [2.75, 3.05) is 5.32 Å². The predicted octanol–water partition coefficient (Wildman–Crippen LogP) is 4.62. The molecule has 0 radical (unpaired) electrons. The molecule has 6 heteroatoms. The molecule has 0 aliphatic heterocycles. The molecule has 2 rings (SSSR count). The van der Waals surface area contributed by atoms with Gasteiger partial charge in [-0.25, -0.2) is 4.39 Å². The first-order chi connectivity index (χ1) is 10.5. The Morgan fingerprint density at radius 1 is 1.09 bits per heavy atom. The van der Waals surface area contributed by atoms with Gasteiger partial charge < -0.3 is 5.32 Å². The Bertz CT molecular complexity index is 744. The van der Waals surface area contributed by atoms with Crippen molar-refractivity contribution < 1.29 is 14.0 Å². The van der Waals surface area contributed by atoms with Crippen molar-refractivity contribution in [2.45, 2.75) is 0 Å². The molecule has 0 saturated heterocycles. The fraction of sp³-hybridized carbons (Fsp3) is 0. The zero-order valence-electron chi connectivity index (χ0n) is 11.1. The minimum atomic E-state index is -0.569. The summed E-state index contributed by atoms with van der Waals surface area (Å²) in [5.41, 5.74) is 0.814. The van der Waals surface area contributed by atoms with Crippen molar-refractivity contribution in [2.24, 2.45) is 0 Å². The highest BCUT2D eigenvalue weighted by molar-refractivity contribution is 9.10. The first-order valence-electron chi connectivity index (χ1n) is 6.20. The summed E-state index contributed by atoms with van der Waals surface area (Å²) in [6.07, 6.45) is 2.28. The van der Waals surface area contributed by atoms with Crippen molar-refractivity contribution in [3.05, 3.63) is 75.5 Å². The van der Waals surface area contributed by atoms with Gasteiger partial charge in [-0.3, -0.25) is 9.59 Å². The van der Waals surface area contributed by atoms with Crippen LogP contribution in [0, 0.1) is 5.82 Å². The van der Waals surface area contributed by atoms with Crippen molar-refractivity contribution in [3.8, 4) is 0 Å². The monoisotopic (exact) mass is 381 g/mol. The standard InChI is InChI=1S/C16H10BrClFNO2/c17-11-3-1-10(2-4-11)15(21)7-8-16(22)20-12-5-6-14(19)13(18)9-12/h1-9H,(H,20,22)/b8-7+. The van der Waals surface area contributed by atoms with Gasteiger partial charge in [0.2, 0.25) is 5.91 Å². The van der Waals surface area contributed by atoms with Crippen LogP contribution in [0.4, 0.5) is 10.1 Å². The number of ketones is 1. The van der Waals surface area contributed by atoms with Crippen LogP contribution in [0.1, 0.15) is 10.4 Å². The molecule has 112 valence electrons. The van der Waals surface area contributed by atoms with Crippen LogP contribution in [0.5, 0.6) is 0 Å². The van der Waals surface area contributed by atoms with Crippen LogP contribution in [-0.4, -0.2) is 11.7 Å². The van der Waals surface area contributed by atoms with E-state index in [9.17, 15) is 14.0 Å². The number of rotatable bonds is 4. The van der Waals surface area contributed by atoms with E-state index in [1.165, 1.54) is 18.2 Å². The summed E-state index contributed by atoms with van der Waals surface area (Å²) < 4.78 is 13.9. The predicted molar refractivity (Wildman–Crippen MR) is 87.7 cm³/mol. The summed E-state index contributed by atoms with van der Waals surface area (Å²) in [5, 5.41) is 2.40. The third-order valence-electron chi connectivity index (χ3n) is 2.70. The molecule has 0 unspecified atom stereocenters.